The first-order chi connectivity index (χ1) is 16.5. The third-order valence-corrected chi connectivity index (χ3v) is 6.31. The van der Waals surface area contributed by atoms with E-state index in [2.05, 4.69) is 17.4 Å². The first-order valence-corrected chi connectivity index (χ1v) is 11.8. The molecule has 0 spiro atoms. The van der Waals surface area contributed by atoms with Crippen LogP contribution in [0.5, 0.6) is 0 Å². The third kappa shape index (κ3) is 5.81. The predicted molar refractivity (Wildman–Crippen MR) is 129 cm³/mol. The molecule has 2 aromatic rings. The molecular formula is C26H30N4O4. The van der Waals surface area contributed by atoms with Crippen LogP contribution < -0.4 is 10.2 Å². The number of para-hydroxylation sites is 2. The summed E-state index contributed by atoms with van der Waals surface area (Å²) in [6.45, 7) is 1.95. The van der Waals surface area contributed by atoms with Crippen molar-refractivity contribution in [1.82, 2.24) is 9.80 Å². The Labute approximate surface area is 199 Å². The lowest BCUT2D eigenvalue weighted by Gasteiger charge is -2.35. The van der Waals surface area contributed by atoms with Crippen molar-refractivity contribution >= 4 is 35.0 Å². The highest BCUT2D eigenvalue weighted by atomic mass is 16.2. The van der Waals surface area contributed by atoms with Crippen LogP contribution in [0.15, 0.2) is 54.6 Å². The average Bonchev–Trinajstić information content (AvgIpc) is 2.87. The van der Waals surface area contributed by atoms with Gasteiger partial charge in [0.05, 0.1) is 11.4 Å². The molecule has 0 bridgehead atoms. The number of carbonyl (C=O) groups excluding carboxylic acids is 4. The van der Waals surface area contributed by atoms with Crippen molar-refractivity contribution in [3.8, 4) is 0 Å². The number of nitrogens with one attached hydrogen (secondary N) is 1. The summed E-state index contributed by atoms with van der Waals surface area (Å²) in [5.74, 6) is -0.467. The molecular weight excluding hydrogens is 432 g/mol. The zero-order valence-electron chi connectivity index (χ0n) is 19.2. The van der Waals surface area contributed by atoms with E-state index in [9.17, 15) is 19.2 Å². The van der Waals surface area contributed by atoms with E-state index in [-0.39, 0.29) is 43.0 Å². The Balaban J connectivity index is 1.19. The molecule has 0 unspecified atom stereocenters. The highest BCUT2D eigenvalue weighted by molar-refractivity contribution is 6.10. The first-order valence-electron chi connectivity index (χ1n) is 11.8. The van der Waals surface area contributed by atoms with Gasteiger partial charge in [-0.3, -0.25) is 19.2 Å². The van der Waals surface area contributed by atoms with E-state index in [0.29, 0.717) is 44.0 Å². The molecule has 0 aliphatic carbocycles. The zero-order chi connectivity index (χ0) is 23.9. The van der Waals surface area contributed by atoms with Crippen LogP contribution in [-0.2, 0) is 25.6 Å². The van der Waals surface area contributed by atoms with E-state index in [1.54, 1.807) is 23.1 Å². The van der Waals surface area contributed by atoms with Crippen LogP contribution >= 0.6 is 0 Å². The smallest absolute Gasteiger partial charge is 0.244 e. The zero-order valence-corrected chi connectivity index (χ0v) is 19.2. The quantitative estimate of drug-likeness (QED) is 0.685. The van der Waals surface area contributed by atoms with Crippen molar-refractivity contribution in [1.29, 1.82) is 0 Å². The number of fused-ring (bicyclic) bond motifs is 1. The minimum atomic E-state index is -0.247. The Morgan fingerprint density at radius 2 is 1.32 bits per heavy atom. The number of amides is 4. The molecule has 2 heterocycles. The number of hydrogen-bond donors (Lipinski definition) is 1. The predicted octanol–water partition coefficient (Wildman–Crippen LogP) is 2.45. The van der Waals surface area contributed by atoms with Gasteiger partial charge in [-0.05, 0) is 30.5 Å². The van der Waals surface area contributed by atoms with E-state index in [4.69, 9.17) is 0 Å². The summed E-state index contributed by atoms with van der Waals surface area (Å²) in [5.41, 5.74) is 2.48. The second kappa shape index (κ2) is 11.0. The summed E-state index contributed by atoms with van der Waals surface area (Å²) in [4.78, 5) is 54.9. The van der Waals surface area contributed by atoms with E-state index in [1.165, 1.54) is 10.5 Å². The molecule has 34 heavy (non-hydrogen) atoms. The van der Waals surface area contributed by atoms with E-state index >= 15 is 0 Å². The fourth-order valence-electron chi connectivity index (χ4n) is 4.41. The molecule has 0 aromatic heterocycles. The van der Waals surface area contributed by atoms with Gasteiger partial charge in [0.15, 0.2) is 0 Å². The second-order valence-corrected chi connectivity index (χ2v) is 8.65. The minimum Gasteiger partial charge on any atom is -0.339 e. The lowest BCUT2D eigenvalue weighted by molar-refractivity contribution is -0.140. The summed E-state index contributed by atoms with van der Waals surface area (Å²) >= 11 is 0. The Morgan fingerprint density at radius 3 is 2.03 bits per heavy atom. The number of anilines is 2. The minimum absolute atomic E-state index is 0.0408. The van der Waals surface area contributed by atoms with Crippen LogP contribution in [0.2, 0.25) is 0 Å². The maximum atomic E-state index is 12.8. The van der Waals surface area contributed by atoms with Crippen LogP contribution in [0.3, 0.4) is 0 Å². The Morgan fingerprint density at radius 1 is 0.735 bits per heavy atom. The number of nitrogens with zero attached hydrogens (tertiary/aromatic N) is 3. The van der Waals surface area contributed by atoms with Gasteiger partial charge < -0.3 is 20.0 Å². The van der Waals surface area contributed by atoms with Crippen LogP contribution in [0.25, 0.3) is 0 Å². The lowest BCUT2D eigenvalue weighted by Crippen LogP contribution is -2.50. The molecule has 178 valence electrons. The monoisotopic (exact) mass is 462 g/mol. The average molecular weight is 463 g/mol. The maximum Gasteiger partial charge on any atom is 0.244 e. The Hall–Kier alpha value is -3.68. The largest absolute Gasteiger partial charge is 0.339 e. The number of piperazine rings is 1. The molecule has 1 fully saturated rings. The number of aryl methyl sites for hydroxylation is 1. The SMILES string of the molecule is O=C1CN(C(=O)CCC(=O)N2CCN(C(=O)CCCc3ccccc3)CC2)c2ccccc2N1. The second-order valence-electron chi connectivity index (χ2n) is 8.65. The van der Waals surface area contributed by atoms with Gasteiger partial charge in [-0.1, -0.05) is 42.5 Å². The molecule has 2 aliphatic heterocycles. The Bertz CT molecular complexity index is 1050. The number of hydrogen-bond acceptors (Lipinski definition) is 4. The van der Waals surface area contributed by atoms with Crippen molar-refractivity contribution in [2.24, 2.45) is 0 Å². The summed E-state index contributed by atoms with van der Waals surface area (Å²) < 4.78 is 0. The lowest BCUT2D eigenvalue weighted by atomic mass is 10.1. The highest BCUT2D eigenvalue weighted by Gasteiger charge is 2.28. The van der Waals surface area contributed by atoms with Crippen molar-refractivity contribution in [3.05, 3.63) is 60.2 Å². The highest BCUT2D eigenvalue weighted by Crippen LogP contribution is 2.29. The fourth-order valence-corrected chi connectivity index (χ4v) is 4.41. The number of rotatable bonds is 7. The van der Waals surface area contributed by atoms with Gasteiger partial charge >= 0.3 is 0 Å². The van der Waals surface area contributed by atoms with Gasteiger partial charge in [-0.15, -0.1) is 0 Å². The van der Waals surface area contributed by atoms with Crippen molar-refractivity contribution < 1.29 is 19.2 Å². The van der Waals surface area contributed by atoms with Crippen LogP contribution in [0.4, 0.5) is 11.4 Å². The first kappa shape index (κ1) is 23.5. The van der Waals surface area contributed by atoms with E-state index in [0.717, 1.165) is 12.8 Å². The number of benzene rings is 2. The van der Waals surface area contributed by atoms with Gasteiger partial charge in [0, 0.05) is 45.4 Å². The summed E-state index contributed by atoms with van der Waals surface area (Å²) in [7, 11) is 0. The number of carbonyl (C=O) groups is 4. The van der Waals surface area contributed by atoms with Crippen LogP contribution in [0, 0.1) is 0 Å². The molecule has 2 aliphatic rings. The van der Waals surface area contributed by atoms with E-state index in [1.807, 2.05) is 29.2 Å². The van der Waals surface area contributed by atoms with Gasteiger partial charge in [0.1, 0.15) is 6.54 Å². The molecule has 1 N–H and O–H groups in total. The van der Waals surface area contributed by atoms with Gasteiger partial charge in [-0.2, -0.15) is 0 Å². The Kier molecular flexibility index (Phi) is 7.57. The summed E-state index contributed by atoms with van der Waals surface area (Å²) in [6.07, 6.45) is 2.31. The van der Waals surface area contributed by atoms with Gasteiger partial charge in [-0.25, -0.2) is 0 Å². The van der Waals surface area contributed by atoms with Crippen LogP contribution in [0.1, 0.15) is 31.2 Å². The third-order valence-electron chi connectivity index (χ3n) is 6.31. The molecule has 8 nitrogen and oxygen atoms in total. The molecule has 0 saturated carbocycles. The van der Waals surface area contributed by atoms with Crippen LogP contribution in [-0.4, -0.2) is 66.2 Å². The fraction of sp³-hybridized carbons (Fsp3) is 0.385. The van der Waals surface area contributed by atoms with Crippen molar-refractivity contribution in [2.75, 3.05) is 42.9 Å². The standard InChI is InChI=1S/C26H30N4O4/c31-23-19-30(22-11-5-4-10-21(22)27-23)26(34)14-13-25(33)29-17-15-28(16-18-29)24(32)12-6-9-20-7-2-1-3-8-20/h1-5,7-8,10-11H,6,9,12-19H2,(H,27,31). The topological polar surface area (TPSA) is 90.0 Å². The normalized spacial score (nSPS) is 15.5. The van der Waals surface area contributed by atoms with Crippen molar-refractivity contribution in [2.45, 2.75) is 32.1 Å². The molecule has 0 radical (unpaired) electrons. The van der Waals surface area contributed by atoms with E-state index < -0.39 is 0 Å². The molecule has 4 amide bonds. The maximum absolute atomic E-state index is 12.8. The molecule has 0 atom stereocenters. The summed E-state index contributed by atoms with van der Waals surface area (Å²) in [6, 6.07) is 17.3. The van der Waals surface area contributed by atoms with Crippen molar-refractivity contribution in [3.63, 3.8) is 0 Å². The molecule has 1 saturated heterocycles. The molecule has 4 rings (SSSR count). The van der Waals surface area contributed by atoms with Gasteiger partial charge in [0.25, 0.3) is 0 Å². The molecule has 8 heteroatoms. The summed E-state index contributed by atoms with van der Waals surface area (Å²) in [5, 5.41) is 2.76. The molecule has 2 aromatic carbocycles. The van der Waals surface area contributed by atoms with Gasteiger partial charge in [0.2, 0.25) is 23.6 Å².